The number of methoxy groups -OCH3 is 3. The number of ether oxygens (including phenoxy) is 3. The van der Waals surface area contributed by atoms with Crippen molar-refractivity contribution >= 4 is 17.6 Å². The van der Waals surface area contributed by atoms with E-state index >= 15 is 0 Å². The van der Waals surface area contributed by atoms with Crippen LogP contribution in [0.3, 0.4) is 0 Å². The Kier molecular flexibility index (Phi) is 8.80. The number of piperidine rings is 1. The van der Waals surface area contributed by atoms with Crippen molar-refractivity contribution in [3.8, 4) is 17.2 Å². The molecule has 2 amide bonds. The highest BCUT2D eigenvalue weighted by molar-refractivity contribution is 6.37. The Balaban J connectivity index is 1.77. The maximum absolute atomic E-state index is 13.3. The Hall–Kier alpha value is -2.77. The number of primary amides is 1. The average Bonchev–Trinajstić information content (AvgIpc) is 2.87. The fraction of sp³-hybridized carbons (Fsp3) is 0.654. The van der Waals surface area contributed by atoms with Crippen LogP contribution in [0, 0.1) is 5.92 Å². The van der Waals surface area contributed by atoms with E-state index in [4.69, 9.17) is 19.9 Å². The maximum atomic E-state index is 13.3. The molecule has 8 nitrogen and oxygen atoms in total. The van der Waals surface area contributed by atoms with Gasteiger partial charge in [0.15, 0.2) is 11.5 Å². The zero-order chi connectivity index (χ0) is 24.7. The summed E-state index contributed by atoms with van der Waals surface area (Å²) >= 11 is 0. The number of rotatable bonds is 10. The third-order valence-corrected chi connectivity index (χ3v) is 7.41. The van der Waals surface area contributed by atoms with Crippen LogP contribution in [0.2, 0.25) is 0 Å². The Bertz CT molecular complexity index is 870. The highest BCUT2D eigenvalue weighted by Gasteiger charge is 2.48. The molecule has 0 aromatic heterocycles. The van der Waals surface area contributed by atoms with Crippen molar-refractivity contribution in [2.75, 3.05) is 27.9 Å². The van der Waals surface area contributed by atoms with E-state index in [1.807, 2.05) is 12.1 Å². The molecule has 1 saturated heterocycles. The van der Waals surface area contributed by atoms with Crippen molar-refractivity contribution in [2.45, 2.75) is 76.2 Å². The van der Waals surface area contributed by atoms with Gasteiger partial charge in [0.2, 0.25) is 17.4 Å². The van der Waals surface area contributed by atoms with Crippen LogP contribution in [0.1, 0.15) is 69.8 Å². The number of carbonyl (C=O) groups is 3. The summed E-state index contributed by atoms with van der Waals surface area (Å²) in [6.45, 7) is 0.393. The van der Waals surface area contributed by atoms with Crippen molar-refractivity contribution in [1.82, 2.24) is 4.90 Å². The van der Waals surface area contributed by atoms with Crippen LogP contribution in [0.4, 0.5) is 0 Å². The van der Waals surface area contributed by atoms with Gasteiger partial charge in [-0.2, -0.15) is 0 Å². The number of ketones is 1. The van der Waals surface area contributed by atoms with Crippen molar-refractivity contribution in [3.05, 3.63) is 17.7 Å². The summed E-state index contributed by atoms with van der Waals surface area (Å²) in [4.78, 5) is 40.6. The Morgan fingerprint density at radius 3 is 2.18 bits per heavy atom. The third-order valence-electron chi connectivity index (χ3n) is 7.41. The van der Waals surface area contributed by atoms with E-state index in [9.17, 15) is 14.4 Å². The summed E-state index contributed by atoms with van der Waals surface area (Å²) in [5.74, 6) is 0.0144. The molecule has 0 radical (unpaired) electrons. The van der Waals surface area contributed by atoms with E-state index < -0.39 is 17.4 Å². The van der Waals surface area contributed by atoms with E-state index in [2.05, 4.69) is 0 Å². The van der Waals surface area contributed by atoms with Gasteiger partial charge in [0.1, 0.15) is 5.54 Å². The highest BCUT2D eigenvalue weighted by Crippen LogP contribution is 2.39. The van der Waals surface area contributed by atoms with Crippen LogP contribution >= 0.6 is 0 Å². The molecule has 2 N–H and O–H groups in total. The van der Waals surface area contributed by atoms with Crippen LogP contribution in [0.15, 0.2) is 12.1 Å². The van der Waals surface area contributed by atoms with E-state index in [1.54, 1.807) is 21.3 Å². The van der Waals surface area contributed by atoms with Gasteiger partial charge in [-0.15, -0.1) is 0 Å². The van der Waals surface area contributed by atoms with Crippen LogP contribution in [-0.4, -0.2) is 55.9 Å². The molecule has 34 heavy (non-hydrogen) atoms. The number of hydrogen-bond donors (Lipinski definition) is 1. The SMILES string of the molecule is COc1cc(CCCC2(C(N)=O)CCCCN2C(=O)C(=O)C2CCCCC2)cc(OC)c1OC. The summed E-state index contributed by atoms with van der Waals surface area (Å²) in [7, 11) is 4.69. The molecule has 8 heteroatoms. The van der Waals surface area contributed by atoms with Gasteiger partial charge >= 0.3 is 0 Å². The van der Waals surface area contributed by atoms with Crippen molar-refractivity contribution in [2.24, 2.45) is 11.7 Å². The monoisotopic (exact) mass is 474 g/mol. The molecular weight excluding hydrogens is 436 g/mol. The molecular formula is C26H38N2O6. The van der Waals surface area contributed by atoms with Gasteiger partial charge in [-0.3, -0.25) is 14.4 Å². The van der Waals surface area contributed by atoms with Gasteiger partial charge in [0.05, 0.1) is 21.3 Å². The molecule has 2 aliphatic rings. The lowest BCUT2D eigenvalue weighted by molar-refractivity contribution is -0.157. The lowest BCUT2D eigenvalue weighted by Crippen LogP contribution is -2.63. The van der Waals surface area contributed by atoms with Crippen LogP contribution in [-0.2, 0) is 20.8 Å². The first kappa shape index (κ1) is 25.8. The molecule has 0 bridgehead atoms. The van der Waals surface area contributed by atoms with Gasteiger partial charge in [-0.1, -0.05) is 19.3 Å². The molecule has 188 valence electrons. The van der Waals surface area contributed by atoms with Gasteiger partial charge in [-0.25, -0.2) is 0 Å². The molecule has 1 aliphatic carbocycles. The Morgan fingerprint density at radius 1 is 0.971 bits per heavy atom. The summed E-state index contributed by atoms with van der Waals surface area (Å²) in [5.41, 5.74) is 5.75. The van der Waals surface area contributed by atoms with E-state index in [-0.39, 0.29) is 11.7 Å². The number of carbonyl (C=O) groups excluding carboxylic acids is 3. The van der Waals surface area contributed by atoms with E-state index in [0.29, 0.717) is 49.5 Å². The molecule has 3 rings (SSSR count). The van der Waals surface area contributed by atoms with Gasteiger partial charge in [0.25, 0.3) is 5.91 Å². The topological polar surface area (TPSA) is 108 Å². The number of nitrogens with zero attached hydrogens (tertiary/aromatic N) is 1. The number of likely N-dealkylation sites (tertiary alicyclic amines) is 1. The Morgan fingerprint density at radius 2 is 1.62 bits per heavy atom. The third kappa shape index (κ3) is 5.31. The molecule has 1 unspecified atom stereocenters. The van der Waals surface area contributed by atoms with Crippen LogP contribution in [0.5, 0.6) is 17.2 Å². The summed E-state index contributed by atoms with van der Waals surface area (Å²) in [6.07, 6.45) is 8.26. The normalized spacial score (nSPS) is 21.1. The summed E-state index contributed by atoms with van der Waals surface area (Å²) < 4.78 is 16.3. The van der Waals surface area contributed by atoms with Crippen molar-refractivity contribution in [1.29, 1.82) is 0 Å². The molecule has 1 heterocycles. The number of Topliss-reactive ketones (excluding diaryl/α,β-unsaturated/α-hetero) is 1. The van der Waals surface area contributed by atoms with E-state index in [0.717, 1.165) is 50.5 Å². The van der Waals surface area contributed by atoms with E-state index in [1.165, 1.54) is 4.90 Å². The average molecular weight is 475 g/mol. The van der Waals surface area contributed by atoms with Gasteiger partial charge in [-0.05, 0) is 69.1 Å². The molecule has 1 aromatic carbocycles. The van der Waals surface area contributed by atoms with Crippen LogP contribution < -0.4 is 19.9 Å². The molecule has 1 aliphatic heterocycles. The molecule has 1 aromatic rings. The smallest absolute Gasteiger partial charge is 0.291 e. The molecule has 2 fully saturated rings. The fourth-order valence-electron chi connectivity index (χ4n) is 5.51. The first-order valence-corrected chi connectivity index (χ1v) is 12.3. The minimum atomic E-state index is -1.12. The molecule has 1 atom stereocenters. The first-order chi connectivity index (χ1) is 16.4. The number of hydrogen-bond acceptors (Lipinski definition) is 6. The molecule has 0 spiro atoms. The standard InChI is InChI=1S/C26H38N2O6/c1-32-20-16-18(17-21(33-2)23(20)34-3)10-9-14-26(25(27)31)13-7-8-15-28(26)24(30)22(29)19-11-5-4-6-12-19/h16-17,19H,4-15H2,1-3H3,(H2,27,31). The minimum Gasteiger partial charge on any atom is -0.493 e. The van der Waals surface area contributed by atoms with Gasteiger partial charge < -0.3 is 24.8 Å². The minimum absolute atomic E-state index is 0.229. The maximum Gasteiger partial charge on any atom is 0.291 e. The quantitative estimate of drug-likeness (QED) is 0.521. The number of aryl methyl sites for hydroxylation is 1. The summed E-state index contributed by atoms with van der Waals surface area (Å²) in [6, 6.07) is 3.77. The van der Waals surface area contributed by atoms with Crippen LogP contribution in [0.25, 0.3) is 0 Å². The lowest BCUT2D eigenvalue weighted by atomic mass is 9.79. The largest absolute Gasteiger partial charge is 0.493 e. The van der Waals surface area contributed by atoms with Crippen molar-refractivity contribution < 1.29 is 28.6 Å². The number of nitrogens with two attached hydrogens (primary N) is 1. The van der Waals surface area contributed by atoms with Gasteiger partial charge in [0, 0.05) is 12.5 Å². The Labute approximate surface area is 202 Å². The zero-order valence-corrected chi connectivity index (χ0v) is 20.7. The van der Waals surface area contributed by atoms with Crippen molar-refractivity contribution in [3.63, 3.8) is 0 Å². The molecule has 1 saturated carbocycles. The predicted molar refractivity (Wildman–Crippen MR) is 128 cm³/mol. The first-order valence-electron chi connectivity index (χ1n) is 12.3. The number of benzene rings is 1. The highest BCUT2D eigenvalue weighted by atomic mass is 16.5. The fourth-order valence-corrected chi connectivity index (χ4v) is 5.51. The second-order valence-corrected chi connectivity index (χ2v) is 9.40. The zero-order valence-electron chi connectivity index (χ0n) is 20.7. The lowest BCUT2D eigenvalue weighted by Gasteiger charge is -2.45. The second-order valence-electron chi connectivity index (χ2n) is 9.40. The summed E-state index contributed by atoms with van der Waals surface area (Å²) in [5, 5.41) is 0. The second kappa shape index (κ2) is 11.6. The number of amides is 2. The predicted octanol–water partition coefficient (Wildman–Crippen LogP) is 3.42.